The summed E-state index contributed by atoms with van der Waals surface area (Å²) in [6.07, 6.45) is 5.45. The fraction of sp³-hybridized carbons (Fsp3) is 1.00. The molecule has 1 fully saturated rings. The van der Waals surface area contributed by atoms with Gasteiger partial charge in [-0.15, -0.1) is 11.6 Å². The molecule has 0 amide bonds. The molecule has 0 aromatic carbocycles. The zero-order valence-electron chi connectivity index (χ0n) is 10.4. The van der Waals surface area contributed by atoms with Crippen molar-refractivity contribution in [2.24, 2.45) is 0 Å². The Morgan fingerprint density at radius 2 is 2.20 bits per heavy atom. The maximum Gasteiger partial charge on any atom is 0.0434 e. The molecule has 2 nitrogen and oxygen atoms in total. The number of piperidine rings is 1. The van der Waals surface area contributed by atoms with Crippen LogP contribution in [0.1, 0.15) is 32.6 Å². The lowest BCUT2D eigenvalue weighted by atomic mass is 10.00. The average Bonchev–Trinajstić information content (AvgIpc) is 2.15. The van der Waals surface area contributed by atoms with E-state index in [9.17, 15) is 0 Å². The van der Waals surface area contributed by atoms with Crippen molar-refractivity contribution in [2.45, 2.75) is 44.0 Å². The number of halogens is 1. The van der Waals surface area contributed by atoms with E-state index in [0.717, 1.165) is 12.6 Å². The van der Waals surface area contributed by atoms with Crippen LogP contribution in [0.5, 0.6) is 0 Å². The summed E-state index contributed by atoms with van der Waals surface area (Å²) in [4.78, 5) is 4.86. The molecule has 1 aliphatic heterocycles. The molecule has 1 heterocycles. The van der Waals surface area contributed by atoms with Gasteiger partial charge in [0.1, 0.15) is 0 Å². The van der Waals surface area contributed by atoms with Gasteiger partial charge in [0.15, 0.2) is 0 Å². The molecular weight excluding hydrogens is 208 g/mol. The van der Waals surface area contributed by atoms with Crippen LogP contribution in [0.4, 0.5) is 0 Å². The molecule has 0 aliphatic carbocycles. The van der Waals surface area contributed by atoms with Gasteiger partial charge in [-0.2, -0.15) is 0 Å². The molecule has 0 spiro atoms. The van der Waals surface area contributed by atoms with Crippen molar-refractivity contribution in [3.63, 3.8) is 0 Å². The average molecular weight is 233 g/mol. The first-order valence-corrected chi connectivity index (χ1v) is 6.56. The Morgan fingerprint density at radius 1 is 1.47 bits per heavy atom. The number of hydrogen-bond donors (Lipinski definition) is 0. The smallest absolute Gasteiger partial charge is 0.0434 e. The number of rotatable bonds is 5. The molecule has 0 aromatic rings. The molecule has 2 atom stereocenters. The predicted molar refractivity (Wildman–Crippen MR) is 67.7 cm³/mol. The number of nitrogens with zero attached hydrogens (tertiary/aromatic N) is 2. The summed E-state index contributed by atoms with van der Waals surface area (Å²) in [5, 5.41) is 0.263. The predicted octanol–water partition coefficient (Wildman–Crippen LogP) is 2.42. The lowest BCUT2D eigenvalue weighted by molar-refractivity contribution is 0.161. The van der Waals surface area contributed by atoms with Gasteiger partial charge in [0.05, 0.1) is 0 Å². The Morgan fingerprint density at radius 3 is 2.80 bits per heavy atom. The number of likely N-dealkylation sites (tertiary alicyclic amines) is 1. The molecule has 1 saturated heterocycles. The Labute approximate surface area is 99.6 Å². The van der Waals surface area contributed by atoms with Gasteiger partial charge in [0.25, 0.3) is 0 Å². The van der Waals surface area contributed by atoms with E-state index < -0.39 is 0 Å². The van der Waals surface area contributed by atoms with Gasteiger partial charge in [0.2, 0.25) is 0 Å². The van der Waals surface area contributed by atoms with Crippen LogP contribution in [0.3, 0.4) is 0 Å². The highest BCUT2D eigenvalue weighted by Crippen LogP contribution is 2.17. The fourth-order valence-electron chi connectivity index (χ4n) is 2.40. The Bertz CT molecular complexity index is 173. The minimum atomic E-state index is 0.263. The van der Waals surface area contributed by atoms with Crippen molar-refractivity contribution in [1.82, 2.24) is 9.80 Å². The summed E-state index contributed by atoms with van der Waals surface area (Å²) in [5.41, 5.74) is 0. The van der Waals surface area contributed by atoms with Gasteiger partial charge in [-0.1, -0.05) is 6.42 Å². The monoisotopic (exact) mass is 232 g/mol. The van der Waals surface area contributed by atoms with Crippen molar-refractivity contribution >= 4 is 11.6 Å². The van der Waals surface area contributed by atoms with Gasteiger partial charge in [-0.05, 0) is 53.4 Å². The maximum atomic E-state index is 5.97. The minimum absolute atomic E-state index is 0.263. The zero-order valence-corrected chi connectivity index (χ0v) is 11.1. The summed E-state index contributed by atoms with van der Waals surface area (Å²) in [6, 6.07) is 0.798. The van der Waals surface area contributed by atoms with E-state index in [1.54, 1.807) is 0 Å². The first-order valence-electron chi connectivity index (χ1n) is 6.12. The largest absolute Gasteiger partial charge is 0.305 e. The second kappa shape index (κ2) is 6.72. The summed E-state index contributed by atoms with van der Waals surface area (Å²) in [7, 11) is 4.43. The van der Waals surface area contributed by atoms with Crippen molar-refractivity contribution in [3.05, 3.63) is 0 Å². The third kappa shape index (κ3) is 5.19. The Hall–Kier alpha value is 0.210. The molecule has 2 unspecified atom stereocenters. The normalized spacial score (nSPS) is 25.8. The molecule has 1 rings (SSSR count). The lowest BCUT2D eigenvalue weighted by Gasteiger charge is -2.33. The molecule has 0 saturated carbocycles. The molecule has 0 N–H and O–H groups in total. The first-order chi connectivity index (χ1) is 7.09. The SMILES string of the molecule is CC(Cl)CN(C)CCC1CCCCN1C. The molecule has 1 aliphatic rings. The zero-order chi connectivity index (χ0) is 11.3. The summed E-state index contributed by atoms with van der Waals surface area (Å²) >= 11 is 5.97. The number of alkyl halides is 1. The van der Waals surface area contributed by atoms with Gasteiger partial charge in [-0.3, -0.25) is 0 Å². The topological polar surface area (TPSA) is 6.48 Å². The summed E-state index contributed by atoms with van der Waals surface area (Å²) < 4.78 is 0. The lowest BCUT2D eigenvalue weighted by Crippen LogP contribution is -2.39. The van der Waals surface area contributed by atoms with Crippen molar-refractivity contribution in [1.29, 1.82) is 0 Å². The number of hydrogen-bond acceptors (Lipinski definition) is 2. The van der Waals surface area contributed by atoms with Crippen LogP contribution in [0.15, 0.2) is 0 Å². The van der Waals surface area contributed by atoms with Crippen LogP contribution in [-0.2, 0) is 0 Å². The van der Waals surface area contributed by atoms with Gasteiger partial charge in [-0.25, -0.2) is 0 Å². The van der Waals surface area contributed by atoms with Crippen molar-refractivity contribution < 1.29 is 0 Å². The van der Waals surface area contributed by atoms with E-state index in [1.165, 1.54) is 38.8 Å². The van der Waals surface area contributed by atoms with E-state index in [0.29, 0.717) is 0 Å². The molecule has 90 valence electrons. The van der Waals surface area contributed by atoms with Crippen LogP contribution in [0.25, 0.3) is 0 Å². The fourth-order valence-corrected chi connectivity index (χ4v) is 2.63. The molecule has 0 bridgehead atoms. The van der Waals surface area contributed by atoms with E-state index in [-0.39, 0.29) is 5.38 Å². The highest BCUT2D eigenvalue weighted by Gasteiger charge is 2.18. The highest BCUT2D eigenvalue weighted by atomic mass is 35.5. The third-order valence-electron chi connectivity index (χ3n) is 3.33. The van der Waals surface area contributed by atoms with Crippen molar-refractivity contribution in [2.75, 3.05) is 33.7 Å². The maximum absolute atomic E-state index is 5.97. The quantitative estimate of drug-likeness (QED) is 0.672. The summed E-state index contributed by atoms with van der Waals surface area (Å²) in [5.74, 6) is 0. The van der Waals surface area contributed by atoms with Gasteiger partial charge in [0, 0.05) is 18.0 Å². The van der Waals surface area contributed by atoms with E-state index in [4.69, 9.17) is 11.6 Å². The third-order valence-corrected chi connectivity index (χ3v) is 3.47. The van der Waals surface area contributed by atoms with Crippen LogP contribution in [-0.4, -0.2) is 54.9 Å². The van der Waals surface area contributed by atoms with E-state index in [1.807, 2.05) is 0 Å². The Kier molecular flexibility index (Phi) is 5.95. The first kappa shape index (κ1) is 13.3. The van der Waals surface area contributed by atoms with Crippen LogP contribution >= 0.6 is 11.6 Å². The standard InChI is InChI=1S/C12H25ClN2/c1-11(13)10-14(2)9-7-12-6-4-5-8-15(12)3/h11-12H,4-10H2,1-3H3. The van der Waals surface area contributed by atoms with Gasteiger partial charge >= 0.3 is 0 Å². The minimum Gasteiger partial charge on any atom is -0.305 e. The molecule has 15 heavy (non-hydrogen) atoms. The highest BCUT2D eigenvalue weighted by molar-refractivity contribution is 6.20. The van der Waals surface area contributed by atoms with Crippen molar-refractivity contribution in [3.8, 4) is 0 Å². The molecule has 0 aromatic heterocycles. The second-order valence-electron chi connectivity index (χ2n) is 4.96. The van der Waals surface area contributed by atoms with Gasteiger partial charge < -0.3 is 9.80 Å². The van der Waals surface area contributed by atoms with Crippen LogP contribution in [0, 0.1) is 0 Å². The summed E-state index contributed by atoms with van der Waals surface area (Å²) in [6.45, 7) is 5.51. The van der Waals surface area contributed by atoms with E-state index >= 15 is 0 Å². The molecular formula is C12H25ClN2. The van der Waals surface area contributed by atoms with E-state index in [2.05, 4.69) is 30.8 Å². The Balaban J connectivity index is 2.17. The van der Waals surface area contributed by atoms with Crippen LogP contribution < -0.4 is 0 Å². The van der Waals surface area contributed by atoms with Crippen LogP contribution in [0.2, 0.25) is 0 Å². The second-order valence-corrected chi connectivity index (χ2v) is 5.71. The molecule has 0 radical (unpaired) electrons. The molecule has 3 heteroatoms.